The molecule has 0 aliphatic carbocycles. The summed E-state index contributed by atoms with van der Waals surface area (Å²) in [5.74, 6) is 0.783. The summed E-state index contributed by atoms with van der Waals surface area (Å²) >= 11 is 0. The second-order valence-electron chi connectivity index (χ2n) is 3.12. The van der Waals surface area contributed by atoms with E-state index in [1.54, 1.807) is 6.20 Å². The zero-order valence-corrected chi connectivity index (χ0v) is 8.22. The van der Waals surface area contributed by atoms with E-state index in [0.29, 0.717) is 6.54 Å². The Morgan fingerprint density at radius 3 is 2.53 bits per heavy atom. The molecule has 0 aliphatic heterocycles. The van der Waals surface area contributed by atoms with Crippen molar-refractivity contribution in [1.29, 1.82) is 0 Å². The largest absolute Gasteiger partial charge is 0.340 e. The average molecular weight is 200 g/mol. The van der Waals surface area contributed by atoms with Crippen molar-refractivity contribution in [1.82, 2.24) is 9.97 Å². The van der Waals surface area contributed by atoms with Crippen LogP contribution in [0.25, 0.3) is 0 Å². The average Bonchev–Trinajstić information content (AvgIpc) is 2.31. The quantitative estimate of drug-likeness (QED) is 0.791. The van der Waals surface area contributed by atoms with Crippen molar-refractivity contribution in [2.75, 3.05) is 5.32 Å². The van der Waals surface area contributed by atoms with E-state index < -0.39 is 0 Å². The first-order valence-electron chi connectivity index (χ1n) is 4.70. The van der Waals surface area contributed by atoms with E-state index in [9.17, 15) is 0 Å². The molecule has 0 saturated heterocycles. The molecule has 0 amide bonds. The summed E-state index contributed by atoms with van der Waals surface area (Å²) in [7, 11) is 0. The number of rotatable bonds is 3. The van der Waals surface area contributed by atoms with Crippen LogP contribution in [0.4, 0.5) is 11.5 Å². The summed E-state index contributed by atoms with van der Waals surface area (Å²) in [5.41, 5.74) is 7.62. The van der Waals surface area contributed by atoms with Gasteiger partial charge in [-0.1, -0.05) is 12.1 Å². The predicted molar refractivity (Wildman–Crippen MR) is 59.6 cm³/mol. The molecule has 0 saturated carbocycles. The summed E-state index contributed by atoms with van der Waals surface area (Å²) in [6.45, 7) is 0.563. The normalized spacial score (nSPS) is 9.93. The molecular formula is C11H12N4. The number of anilines is 2. The van der Waals surface area contributed by atoms with Crippen LogP contribution in [0, 0.1) is 0 Å². The topological polar surface area (TPSA) is 63.8 Å². The van der Waals surface area contributed by atoms with Gasteiger partial charge in [0.05, 0.1) is 0 Å². The number of nitrogens with two attached hydrogens (primary N) is 1. The molecule has 0 unspecified atom stereocenters. The van der Waals surface area contributed by atoms with Gasteiger partial charge in [0.1, 0.15) is 12.1 Å². The van der Waals surface area contributed by atoms with Gasteiger partial charge in [-0.3, -0.25) is 0 Å². The van der Waals surface area contributed by atoms with Crippen molar-refractivity contribution in [3.8, 4) is 0 Å². The molecule has 1 heterocycles. The van der Waals surface area contributed by atoms with Crippen LogP contribution >= 0.6 is 0 Å². The SMILES string of the molecule is NCc1ccc(Nc2ccncn2)cc1. The monoisotopic (exact) mass is 200 g/mol. The predicted octanol–water partition coefficient (Wildman–Crippen LogP) is 1.68. The van der Waals surface area contributed by atoms with E-state index >= 15 is 0 Å². The fourth-order valence-corrected chi connectivity index (χ4v) is 1.24. The second-order valence-corrected chi connectivity index (χ2v) is 3.12. The van der Waals surface area contributed by atoms with Crippen LogP contribution in [-0.2, 0) is 6.54 Å². The number of hydrogen-bond acceptors (Lipinski definition) is 4. The summed E-state index contributed by atoms with van der Waals surface area (Å²) in [6, 6.07) is 9.75. The van der Waals surface area contributed by atoms with E-state index in [0.717, 1.165) is 17.1 Å². The van der Waals surface area contributed by atoms with E-state index in [2.05, 4.69) is 15.3 Å². The van der Waals surface area contributed by atoms with Crippen molar-refractivity contribution in [2.45, 2.75) is 6.54 Å². The summed E-state index contributed by atoms with van der Waals surface area (Å²) in [6.07, 6.45) is 3.21. The van der Waals surface area contributed by atoms with Crippen LogP contribution in [-0.4, -0.2) is 9.97 Å². The molecule has 15 heavy (non-hydrogen) atoms. The van der Waals surface area contributed by atoms with Gasteiger partial charge in [0.15, 0.2) is 0 Å². The van der Waals surface area contributed by atoms with Crippen molar-refractivity contribution >= 4 is 11.5 Å². The van der Waals surface area contributed by atoms with Crippen LogP contribution in [0.3, 0.4) is 0 Å². The molecule has 4 heteroatoms. The highest BCUT2D eigenvalue weighted by atomic mass is 15.0. The van der Waals surface area contributed by atoms with Gasteiger partial charge < -0.3 is 11.1 Å². The van der Waals surface area contributed by atoms with Gasteiger partial charge in [0, 0.05) is 18.4 Å². The van der Waals surface area contributed by atoms with E-state index in [1.807, 2.05) is 30.3 Å². The van der Waals surface area contributed by atoms with Gasteiger partial charge in [-0.25, -0.2) is 9.97 Å². The Morgan fingerprint density at radius 2 is 1.93 bits per heavy atom. The summed E-state index contributed by atoms with van der Waals surface area (Å²) in [4.78, 5) is 7.92. The minimum atomic E-state index is 0.563. The van der Waals surface area contributed by atoms with Gasteiger partial charge >= 0.3 is 0 Å². The molecule has 1 aromatic carbocycles. The van der Waals surface area contributed by atoms with Gasteiger partial charge in [-0.2, -0.15) is 0 Å². The van der Waals surface area contributed by atoms with Crippen LogP contribution < -0.4 is 11.1 Å². The highest BCUT2D eigenvalue weighted by Crippen LogP contribution is 2.13. The highest BCUT2D eigenvalue weighted by Gasteiger charge is 1.94. The maximum absolute atomic E-state index is 5.51. The zero-order chi connectivity index (χ0) is 10.5. The highest BCUT2D eigenvalue weighted by molar-refractivity contribution is 5.55. The van der Waals surface area contributed by atoms with Crippen LogP contribution in [0.1, 0.15) is 5.56 Å². The Hall–Kier alpha value is -1.94. The third kappa shape index (κ3) is 2.51. The minimum Gasteiger partial charge on any atom is -0.340 e. The van der Waals surface area contributed by atoms with Crippen molar-refractivity contribution in [3.63, 3.8) is 0 Å². The van der Waals surface area contributed by atoms with Crippen molar-refractivity contribution in [2.24, 2.45) is 5.73 Å². The van der Waals surface area contributed by atoms with Gasteiger partial charge in [-0.05, 0) is 23.8 Å². The number of nitrogens with one attached hydrogen (secondary N) is 1. The number of benzene rings is 1. The number of nitrogens with zero attached hydrogens (tertiary/aromatic N) is 2. The molecule has 76 valence electrons. The Balaban J connectivity index is 2.11. The molecule has 0 aliphatic rings. The molecule has 1 aromatic heterocycles. The molecule has 4 nitrogen and oxygen atoms in total. The first-order chi connectivity index (χ1) is 7.38. The van der Waals surface area contributed by atoms with Crippen LogP contribution in [0.2, 0.25) is 0 Å². The molecule has 3 N–H and O–H groups in total. The first-order valence-corrected chi connectivity index (χ1v) is 4.70. The van der Waals surface area contributed by atoms with Crippen LogP contribution in [0.5, 0.6) is 0 Å². The maximum atomic E-state index is 5.51. The Morgan fingerprint density at radius 1 is 1.13 bits per heavy atom. The Labute approximate surface area is 88.2 Å². The third-order valence-electron chi connectivity index (χ3n) is 2.04. The smallest absolute Gasteiger partial charge is 0.133 e. The van der Waals surface area contributed by atoms with Gasteiger partial charge in [-0.15, -0.1) is 0 Å². The third-order valence-corrected chi connectivity index (χ3v) is 2.04. The lowest BCUT2D eigenvalue weighted by Gasteiger charge is -2.05. The molecule has 0 fully saturated rings. The maximum Gasteiger partial charge on any atom is 0.133 e. The summed E-state index contributed by atoms with van der Waals surface area (Å²) in [5, 5.41) is 3.16. The number of hydrogen-bond donors (Lipinski definition) is 2. The Kier molecular flexibility index (Phi) is 2.90. The fourth-order valence-electron chi connectivity index (χ4n) is 1.24. The molecule has 2 rings (SSSR count). The first kappa shape index (κ1) is 9.61. The molecule has 0 spiro atoms. The summed E-state index contributed by atoms with van der Waals surface area (Å²) < 4.78 is 0. The van der Waals surface area contributed by atoms with E-state index in [-0.39, 0.29) is 0 Å². The minimum absolute atomic E-state index is 0.563. The van der Waals surface area contributed by atoms with E-state index in [4.69, 9.17) is 5.73 Å². The van der Waals surface area contributed by atoms with Crippen molar-refractivity contribution in [3.05, 3.63) is 48.4 Å². The van der Waals surface area contributed by atoms with E-state index in [1.165, 1.54) is 6.33 Å². The number of aromatic nitrogens is 2. The molecule has 2 aromatic rings. The van der Waals surface area contributed by atoms with Crippen molar-refractivity contribution < 1.29 is 0 Å². The second kappa shape index (κ2) is 4.52. The lowest BCUT2D eigenvalue weighted by atomic mass is 10.2. The van der Waals surface area contributed by atoms with Crippen LogP contribution in [0.15, 0.2) is 42.9 Å². The lowest BCUT2D eigenvalue weighted by Crippen LogP contribution is -1.97. The molecular weight excluding hydrogens is 188 g/mol. The fraction of sp³-hybridized carbons (Fsp3) is 0.0909. The molecule has 0 bridgehead atoms. The Bertz CT molecular complexity index is 410. The van der Waals surface area contributed by atoms with Gasteiger partial charge in [0.2, 0.25) is 0 Å². The standard InChI is InChI=1S/C11H12N4/c12-7-9-1-3-10(4-2-9)15-11-5-6-13-8-14-11/h1-6,8H,7,12H2,(H,13,14,15). The molecule has 0 radical (unpaired) electrons. The van der Waals surface area contributed by atoms with Gasteiger partial charge in [0.25, 0.3) is 0 Å². The lowest BCUT2D eigenvalue weighted by molar-refractivity contribution is 1.07. The molecule has 0 atom stereocenters. The zero-order valence-electron chi connectivity index (χ0n) is 8.22.